The Morgan fingerprint density at radius 3 is 2.12 bits per heavy atom. The number of nitrogens with zero attached hydrogens (tertiary/aromatic N) is 3. The molecule has 0 saturated heterocycles. The van der Waals surface area contributed by atoms with E-state index in [0.29, 0.717) is 11.5 Å². The lowest BCUT2D eigenvalue weighted by molar-refractivity contribution is -0.353. The standard InChI is InChI=1S/C24H30N4O6/c1-16(2)21(12-29)28(14-23(30,31)13-24(32,33)34)11-17-7-9-18(10-8-17)19-5-3-4-6-20(19)22-25-15-26-27-22/h3-10,15,29-34H,11-14H2,1-2H3,(H,25,26,27). The number of aromatic nitrogens is 3. The highest BCUT2D eigenvalue weighted by Gasteiger charge is 2.37. The first kappa shape index (κ1) is 25.5. The summed E-state index contributed by atoms with van der Waals surface area (Å²) in [7, 11) is 0. The number of hydrogen-bond acceptors (Lipinski definition) is 9. The van der Waals surface area contributed by atoms with Crippen molar-refractivity contribution < 1.29 is 30.6 Å². The molecule has 0 aliphatic rings. The molecule has 0 aliphatic heterocycles. The number of aliphatic hydroxyl groups excluding tert-OH is 1. The van der Waals surface area contributed by atoms with Gasteiger partial charge >= 0.3 is 0 Å². The van der Waals surface area contributed by atoms with Crippen LogP contribution in [0.1, 0.15) is 25.8 Å². The fraction of sp³-hybridized carbons (Fsp3) is 0.333. The van der Waals surface area contributed by atoms with Crippen molar-refractivity contribution in [1.29, 1.82) is 0 Å². The third-order valence-electron chi connectivity index (χ3n) is 5.31. The summed E-state index contributed by atoms with van der Waals surface area (Å²) in [6.45, 7) is 2.90. The maximum Gasteiger partial charge on any atom is 0.280 e. The maximum absolute atomic E-state index is 10.3. The number of benzene rings is 2. The Labute approximate surface area is 197 Å². The summed E-state index contributed by atoms with van der Waals surface area (Å²) in [6.07, 6.45) is 0.331. The molecule has 0 radical (unpaired) electrons. The van der Waals surface area contributed by atoms with Crippen molar-refractivity contribution in [3.63, 3.8) is 0 Å². The summed E-state index contributed by atoms with van der Waals surface area (Å²) in [5.74, 6) is -5.24. The molecular weight excluding hydrogens is 440 g/mol. The SMILES string of the molecule is CC(C)=C(CO)N(Cc1ccc(-c2ccccc2-c2ncn[nH]2)cc1)CC(O)(O)CC(O)(O)O. The molecule has 0 saturated carbocycles. The van der Waals surface area contributed by atoms with Gasteiger partial charge in [0.1, 0.15) is 6.33 Å². The van der Waals surface area contributed by atoms with E-state index in [1.54, 1.807) is 13.8 Å². The van der Waals surface area contributed by atoms with Gasteiger partial charge in [-0.1, -0.05) is 54.1 Å². The Morgan fingerprint density at radius 2 is 1.59 bits per heavy atom. The lowest BCUT2D eigenvalue weighted by Gasteiger charge is -2.35. The number of H-pyrrole nitrogens is 1. The molecule has 10 nitrogen and oxygen atoms in total. The number of nitrogens with one attached hydrogen (secondary N) is 1. The van der Waals surface area contributed by atoms with Crippen LogP contribution in [0.25, 0.3) is 22.5 Å². The van der Waals surface area contributed by atoms with Gasteiger partial charge in [-0.2, -0.15) is 5.10 Å². The van der Waals surface area contributed by atoms with Gasteiger partial charge in [0, 0.05) is 17.8 Å². The van der Waals surface area contributed by atoms with E-state index in [1.807, 2.05) is 48.5 Å². The zero-order valence-corrected chi connectivity index (χ0v) is 19.0. The molecule has 0 atom stereocenters. The Balaban J connectivity index is 1.87. The van der Waals surface area contributed by atoms with Gasteiger partial charge < -0.3 is 35.5 Å². The molecule has 2 aromatic carbocycles. The molecule has 1 aromatic heterocycles. The zero-order chi connectivity index (χ0) is 24.9. The molecule has 182 valence electrons. The zero-order valence-electron chi connectivity index (χ0n) is 19.0. The second-order valence-corrected chi connectivity index (χ2v) is 8.47. The monoisotopic (exact) mass is 470 g/mol. The Bertz CT molecular complexity index is 1100. The molecule has 0 unspecified atom stereocenters. The van der Waals surface area contributed by atoms with Crippen molar-refractivity contribution in [1.82, 2.24) is 20.1 Å². The van der Waals surface area contributed by atoms with Crippen molar-refractivity contribution in [2.45, 2.75) is 38.6 Å². The van der Waals surface area contributed by atoms with E-state index < -0.39 is 24.7 Å². The molecule has 3 rings (SSSR count). The number of aliphatic hydroxyl groups is 6. The van der Waals surface area contributed by atoms with Crippen molar-refractivity contribution in [3.05, 3.63) is 71.7 Å². The van der Waals surface area contributed by atoms with Crippen LogP contribution >= 0.6 is 0 Å². The van der Waals surface area contributed by atoms with Crippen LogP contribution in [0, 0.1) is 0 Å². The largest absolute Gasteiger partial charge is 0.390 e. The lowest BCUT2D eigenvalue weighted by Crippen LogP contribution is -2.49. The Hall–Kier alpha value is -3.12. The van der Waals surface area contributed by atoms with Crippen LogP contribution in [0.5, 0.6) is 0 Å². The highest BCUT2D eigenvalue weighted by Crippen LogP contribution is 2.30. The van der Waals surface area contributed by atoms with Gasteiger partial charge in [0.2, 0.25) is 0 Å². The first-order chi connectivity index (χ1) is 16.0. The highest BCUT2D eigenvalue weighted by atomic mass is 16.7. The van der Waals surface area contributed by atoms with E-state index in [2.05, 4.69) is 15.2 Å². The van der Waals surface area contributed by atoms with Gasteiger partial charge in [-0.25, -0.2) is 4.98 Å². The van der Waals surface area contributed by atoms with Crippen molar-refractivity contribution in [2.24, 2.45) is 0 Å². The molecule has 0 spiro atoms. The van der Waals surface area contributed by atoms with Gasteiger partial charge in [0.15, 0.2) is 11.6 Å². The van der Waals surface area contributed by atoms with Crippen LogP contribution < -0.4 is 0 Å². The smallest absolute Gasteiger partial charge is 0.280 e. The third kappa shape index (κ3) is 6.70. The van der Waals surface area contributed by atoms with Crippen molar-refractivity contribution >= 4 is 0 Å². The van der Waals surface area contributed by atoms with E-state index in [9.17, 15) is 30.6 Å². The second-order valence-electron chi connectivity index (χ2n) is 8.47. The molecule has 1 heterocycles. The first-order valence-corrected chi connectivity index (χ1v) is 10.7. The molecular formula is C24H30N4O6. The maximum atomic E-state index is 10.3. The molecule has 0 bridgehead atoms. The summed E-state index contributed by atoms with van der Waals surface area (Å²) in [4.78, 5) is 5.76. The van der Waals surface area contributed by atoms with Crippen molar-refractivity contribution in [2.75, 3.05) is 13.2 Å². The van der Waals surface area contributed by atoms with E-state index in [4.69, 9.17) is 0 Å². The minimum Gasteiger partial charge on any atom is -0.390 e. The third-order valence-corrected chi connectivity index (χ3v) is 5.31. The van der Waals surface area contributed by atoms with Crippen LogP contribution in [-0.4, -0.2) is 75.6 Å². The van der Waals surface area contributed by atoms with Gasteiger partial charge in [0.25, 0.3) is 5.97 Å². The number of hydrogen-bond donors (Lipinski definition) is 7. The van der Waals surface area contributed by atoms with Crippen LogP contribution in [0.4, 0.5) is 0 Å². The Morgan fingerprint density at radius 1 is 0.941 bits per heavy atom. The van der Waals surface area contributed by atoms with E-state index >= 15 is 0 Å². The molecule has 3 aromatic rings. The van der Waals surface area contributed by atoms with E-state index in [1.165, 1.54) is 11.2 Å². The minimum absolute atomic E-state index is 0.198. The molecule has 0 fully saturated rings. The normalized spacial score (nSPS) is 12.0. The van der Waals surface area contributed by atoms with Crippen LogP contribution in [-0.2, 0) is 6.54 Å². The topological polar surface area (TPSA) is 166 Å². The van der Waals surface area contributed by atoms with Gasteiger partial charge in [-0.3, -0.25) is 5.10 Å². The molecule has 7 N–H and O–H groups in total. The van der Waals surface area contributed by atoms with E-state index in [-0.39, 0.29) is 13.2 Å². The molecule has 34 heavy (non-hydrogen) atoms. The van der Waals surface area contributed by atoms with E-state index in [0.717, 1.165) is 27.8 Å². The summed E-state index contributed by atoms with van der Waals surface area (Å²) in [5, 5.41) is 64.7. The Kier molecular flexibility index (Phi) is 7.82. The average Bonchev–Trinajstić information content (AvgIpc) is 3.27. The predicted octanol–water partition coefficient (Wildman–Crippen LogP) is 0.929. The summed E-state index contributed by atoms with van der Waals surface area (Å²) in [6, 6.07) is 15.4. The fourth-order valence-corrected chi connectivity index (χ4v) is 3.85. The molecule has 0 amide bonds. The number of aromatic amines is 1. The summed E-state index contributed by atoms with van der Waals surface area (Å²) >= 11 is 0. The quantitative estimate of drug-likeness (QED) is 0.213. The van der Waals surface area contributed by atoms with Crippen molar-refractivity contribution in [3.8, 4) is 22.5 Å². The molecule has 10 heteroatoms. The number of allylic oxidation sites excluding steroid dienone is 1. The highest BCUT2D eigenvalue weighted by molar-refractivity contribution is 5.80. The van der Waals surface area contributed by atoms with Crippen LogP contribution in [0.3, 0.4) is 0 Å². The predicted molar refractivity (Wildman–Crippen MR) is 124 cm³/mol. The van der Waals surface area contributed by atoms with Gasteiger partial charge in [0.05, 0.1) is 19.6 Å². The minimum atomic E-state index is -3.25. The summed E-state index contributed by atoms with van der Waals surface area (Å²) < 4.78 is 0. The van der Waals surface area contributed by atoms with Gasteiger partial charge in [-0.15, -0.1) is 0 Å². The van der Waals surface area contributed by atoms with Crippen LogP contribution in [0.2, 0.25) is 0 Å². The van der Waals surface area contributed by atoms with Crippen LogP contribution in [0.15, 0.2) is 66.1 Å². The number of rotatable bonds is 10. The fourth-order valence-electron chi connectivity index (χ4n) is 3.85. The average molecular weight is 471 g/mol. The second kappa shape index (κ2) is 10.4. The summed E-state index contributed by atoms with van der Waals surface area (Å²) in [5.41, 5.74) is 4.80. The van der Waals surface area contributed by atoms with Gasteiger partial charge in [-0.05, 0) is 30.5 Å². The first-order valence-electron chi connectivity index (χ1n) is 10.7. The lowest BCUT2D eigenvalue weighted by atomic mass is 9.98. The molecule has 0 aliphatic carbocycles.